The average Bonchev–Trinajstić information content (AvgIpc) is 2.95. The van der Waals surface area contributed by atoms with Crippen molar-refractivity contribution in [1.82, 2.24) is 9.80 Å². The molecule has 0 aliphatic carbocycles. The van der Waals surface area contributed by atoms with E-state index in [1.165, 1.54) is 64.6 Å². The highest BCUT2D eigenvalue weighted by atomic mass is 16.2. The van der Waals surface area contributed by atoms with Gasteiger partial charge in [-0.2, -0.15) is 0 Å². The van der Waals surface area contributed by atoms with Crippen LogP contribution in [0.15, 0.2) is 0 Å². The molecule has 2 aliphatic heterocycles. The van der Waals surface area contributed by atoms with Crippen LogP contribution < -0.4 is 0 Å². The average molecular weight is 266 g/mol. The molecule has 2 heterocycles. The lowest BCUT2D eigenvalue weighted by molar-refractivity contribution is -0.131. The van der Waals surface area contributed by atoms with Crippen molar-refractivity contribution in [3.63, 3.8) is 0 Å². The highest BCUT2D eigenvalue weighted by molar-refractivity contribution is 5.76. The lowest BCUT2D eigenvalue weighted by Gasteiger charge is -2.32. The van der Waals surface area contributed by atoms with Gasteiger partial charge in [-0.3, -0.25) is 4.79 Å². The summed E-state index contributed by atoms with van der Waals surface area (Å²) in [6.45, 7) is 7.96. The minimum atomic E-state index is 0.418. The quantitative estimate of drug-likeness (QED) is 0.690. The van der Waals surface area contributed by atoms with E-state index in [4.69, 9.17) is 0 Å². The molecule has 1 amide bonds. The van der Waals surface area contributed by atoms with Crippen LogP contribution in [0.4, 0.5) is 0 Å². The molecule has 0 unspecified atom stereocenters. The fourth-order valence-electron chi connectivity index (χ4n) is 3.34. The Morgan fingerprint density at radius 3 is 2.37 bits per heavy atom. The van der Waals surface area contributed by atoms with Crippen LogP contribution in [-0.2, 0) is 4.79 Å². The van der Waals surface area contributed by atoms with Crippen molar-refractivity contribution in [3.8, 4) is 0 Å². The number of hydrogen-bond acceptors (Lipinski definition) is 2. The summed E-state index contributed by atoms with van der Waals surface area (Å²) < 4.78 is 0. The van der Waals surface area contributed by atoms with E-state index < -0.39 is 0 Å². The zero-order valence-electron chi connectivity index (χ0n) is 12.6. The summed E-state index contributed by atoms with van der Waals surface area (Å²) in [5.41, 5.74) is 0. The first-order chi connectivity index (χ1) is 9.29. The van der Waals surface area contributed by atoms with E-state index in [1.807, 2.05) is 0 Å². The molecule has 0 aromatic carbocycles. The Morgan fingerprint density at radius 2 is 1.74 bits per heavy atom. The molecule has 3 nitrogen and oxygen atoms in total. The third kappa shape index (κ3) is 4.79. The second kappa shape index (κ2) is 7.88. The second-order valence-corrected chi connectivity index (χ2v) is 6.28. The normalized spacial score (nSPS) is 22.1. The van der Waals surface area contributed by atoms with Crippen LogP contribution in [0, 0.1) is 5.92 Å². The van der Waals surface area contributed by atoms with Gasteiger partial charge in [0, 0.05) is 19.5 Å². The van der Waals surface area contributed by atoms with Gasteiger partial charge in [-0.1, -0.05) is 19.8 Å². The van der Waals surface area contributed by atoms with Crippen LogP contribution >= 0.6 is 0 Å². The Bertz CT molecular complexity index is 266. The molecule has 2 saturated heterocycles. The van der Waals surface area contributed by atoms with E-state index in [1.54, 1.807) is 0 Å². The fourth-order valence-corrected chi connectivity index (χ4v) is 3.34. The van der Waals surface area contributed by atoms with Gasteiger partial charge in [0.05, 0.1) is 0 Å². The van der Waals surface area contributed by atoms with Crippen molar-refractivity contribution in [2.45, 2.75) is 58.3 Å². The molecule has 0 bridgehead atoms. The smallest absolute Gasteiger partial charge is 0.222 e. The fraction of sp³-hybridized carbons (Fsp3) is 0.938. The molecular formula is C16H30N2O. The van der Waals surface area contributed by atoms with E-state index in [9.17, 15) is 4.79 Å². The van der Waals surface area contributed by atoms with Crippen LogP contribution in [0.25, 0.3) is 0 Å². The number of piperidine rings is 1. The lowest BCUT2D eigenvalue weighted by atomic mass is 9.93. The largest absolute Gasteiger partial charge is 0.343 e. The molecule has 2 fully saturated rings. The van der Waals surface area contributed by atoms with Gasteiger partial charge in [0.25, 0.3) is 0 Å². The van der Waals surface area contributed by atoms with Gasteiger partial charge in [-0.05, 0) is 57.7 Å². The lowest BCUT2D eigenvalue weighted by Crippen LogP contribution is -2.37. The van der Waals surface area contributed by atoms with Crippen molar-refractivity contribution in [2.24, 2.45) is 5.92 Å². The van der Waals surface area contributed by atoms with Gasteiger partial charge < -0.3 is 9.80 Å². The summed E-state index contributed by atoms with van der Waals surface area (Å²) in [7, 11) is 0. The van der Waals surface area contributed by atoms with Gasteiger partial charge in [-0.15, -0.1) is 0 Å². The molecule has 0 atom stereocenters. The van der Waals surface area contributed by atoms with E-state index in [0.717, 1.165) is 19.5 Å². The molecule has 0 aromatic rings. The number of nitrogens with zero attached hydrogens (tertiary/aromatic N) is 2. The number of hydrogen-bond donors (Lipinski definition) is 0. The maximum Gasteiger partial charge on any atom is 0.222 e. The molecule has 2 rings (SSSR count). The minimum absolute atomic E-state index is 0.418. The third-order valence-corrected chi connectivity index (χ3v) is 4.71. The summed E-state index contributed by atoms with van der Waals surface area (Å²) in [6.07, 6.45) is 9.69. The SMILES string of the molecule is CCCCCN1CCC(CC(=O)N2CCCC2)CC1. The van der Waals surface area contributed by atoms with Gasteiger partial charge in [0.1, 0.15) is 0 Å². The second-order valence-electron chi connectivity index (χ2n) is 6.28. The van der Waals surface area contributed by atoms with E-state index in [-0.39, 0.29) is 0 Å². The minimum Gasteiger partial charge on any atom is -0.343 e. The van der Waals surface area contributed by atoms with Gasteiger partial charge >= 0.3 is 0 Å². The van der Waals surface area contributed by atoms with Crippen molar-refractivity contribution in [3.05, 3.63) is 0 Å². The zero-order valence-corrected chi connectivity index (χ0v) is 12.6. The molecular weight excluding hydrogens is 236 g/mol. The van der Waals surface area contributed by atoms with Crippen LogP contribution in [0.3, 0.4) is 0 Å². The van der Waals surface area contributed by atoms with Crippen LogP contribution in [-0.4, -0.2) is 48.4 Å². The number of rotatable bonds is 6. The Hall–Kier alpha value is -0.570. The first-order valence-electron chi connectivity index (χ1n) is 8.29. The highest BCUT2D eigenvalue weighted by Crippen LogP contribution is 2.22. The van der Waals surface area contributed by atoms with Crippen molar-refractivity contribution in [2.75, 3.05) is 32.7 Å². The number of carbonyl (C=O) groups excluding carboxylic acids is 1. The van der Waals surface area contributed by atoms with Crippen molar-refractivity contribution < 1.29 is 4.79 Å². The van der Waals surface area contributed by atoms with Crippen LogP contribution in [0.5, 0.6) is 0 Å². The molecule has 0 saturated carbocycles. The number of unbranched alkanes of at least 4 members (excludes halogenated alkanes) is 2. The predicted octanol–water partition coefficient (Wildman–Crippen LogP) is 2.90. The first kappa shape index (κ1) is 14.8. The third-order valence-electron chi connectivity index (χ3n) is 4.71. The van der Waals surface area contributed by atoms with Gasteiger partial charge in [0.2, 0.25) is 5.91 Å². The Morgan fingerprint density at radius 1 is 1.05 bits per heavy atom. The highest BCUT2D eigenvalue weighted by Gasteiger charge is 2.24. The summed E-state index contributed by atoms with van der Waals surface area (Å²) in [6, 6.07) is 0. The summed E-state index contributed by atoms with van der Waals surface area (Å²) in [5, 5.41) is 0. The van der Waals surface area contributed by atoms with Gasteiger partial charge in [-0.25, -0.2) is 0 Å². The van der Waals surface area contributed by atoms with Crippen LogP contribution in [0.1, 0.15) is 58.3 Å². The number of amides is 1. The summed E-state index contributed by atoms with van der Waals surface area (Å²) >= 11 is 0. The van der Waals surface area contributed by atoms with Crippen molar-refractivity contribution >= 4 is 5.91 Å². The topological polar surface area (TPSA) is 23.6 Å². The van der Waals surface area contributed by atoms with Gasteiger partial charge in [0.15, 0.2) is 0 Å². The van der Waals surface area contributed by atoms with E-state index in [2.05, 4.69) is 16.7 Å². The van der Waals surface area contributed by atoms with E-state index in [0.29, 0.717) is 11.8 Å². The predicted molar refractivity (Wildman–Crippen MR) is 79.1 cm³/mol. The first-order valence-corrected chi connectivity index (χ1v) is 8.29. The van der Waals surface area contributed by atoms with Crippen molar-refractivity contribution in [1.29, 1.82) is 0 Å². The zero-order chi connectivity index (χ0) is 13.5. The molecule has 110 valence electrons. The molecule has 3 heteroatoms. The molecule has 2 aliphatic rings. The Kier molecular flexibility index (Phi) is 6.15. The molecule has 0 aromatic heterocycles. The summed E-state index contributed by atoms with van der Waals surface area (Å²) in [4.78, 5) is 16.8. The maximum atomic E-state index is 12.1. The van der Waals surface area contributed by atoms with E-state index >= 15 is 0 Å². The maximum absolute atomic E-state index is 12.1. The number of likely N-dealkylation sites (tertiary alicyclic amines) is 2. The monoisotopic (exact) mass is 266 g/mol. The molecule has 19 heavy (non-hydrogen) atoms. The summed E-state index contributed by atoms with van der Waals surface area (Å²) in [5.74, 6) is 1.07. The Balaban J connectivity index is 1.61. The molecule has 0 radical (unpaired) electrons. The Labute approximate surface area is 118 Å². The number of carbonyl (C=O) groups is 1. The molecule has 0 N–H and O–H groups in total. The van der Waals surface area contributed by atoms with Crippen LogP contribution in [0.2, 0.25) is 0 Å². The standard InChI is InChI=1S/C16H30N2O/c1-2-3-4-9-17-12-7-15(8-13-17)14-16(19)18-10-5-6-11-18/h15H,2-14H2,1H3. The molecule has 0 spiro atoms.